The van der Waals surface area contributed by atoms with E-state index in [1.807, 2.05) is 0 Å². The number of rotatable bonds is 4. The molecule has 2 N–H and O–H groups in total. The first-order valence-electron chi connectivity index (χ1n) is 7.26. The molecular formula is C15H18ClF3N2O. The molecule has 0 saturated heterocycles. The van der Waals surface area contributed by atoms with Crippen molar-refractivity contribution in [3.63, 3.8) is 0 Å². The van der Waals surface area contributed by atoms with Gasteiger partial charge in [-0.3, -0.25) is 4.79 Å². The molecule has 1 amide bonds. The van der Waals surface area contributed by atoms with Crippen LogP contribution in [0, 0.1) is 0 Å². The number of hydrogen-bond donors (Lipinski definition) is 2. The Bertz CT molecular complexity index is 528. The lowest BCUT2D eigenvalue weighted by molar-refractivity contribution is -0.137. The molecule has 3 nitrogen and oxygen atoms in total. The summed E-state index contributed by atoms with van der Waals surface area (Å²) in [6, 6.07) is 3.57. The summed E-state index contributed by atoms with van der Waals surface area (Å²) in [7, 11) is 0. The number of anilines is 1. The van der Waals surface area contributed by atoms with Crippen molar-refractivity contribution in [3.8, 4) is 0 Å². The fraction of sp³-hybridized carbons (Fsp3) is 0.533. The summed E-state index contributed by atoms with van der Waals surface area (Å²) in [4.78, 5) is 11.8. The summed E-state index contributed by atoms with van der Waals surface area (Å²) in [5.74, 6) is -0.488. The first-order chi connectivity index (χ1) is 10.4. The van der Waals surface area contributed by atoms with Crippen LogP contribution < -0.4 is 10.6 Å². The molecule has 1 aromatic rings. The van der Waals surface area contributed by atoms with E-state index >= 15 is 0 Å². The standard InChI is InChI=1S/C15H18ClF3N2O/c16-10-6-7-13(12(8-10)15(17,18)19)21-14(22)9-20-11-4-2-1-3-5-11/h6-8,11,20H,1-5,9H2,(H,21,22). The third-order valence-corrected chi connectivity index (χ3v) is 3.95. The Morgan fingerprint density at radius 1 is 1.23 bits per heavy atom. The molecule has 0 spiro atoms. The van der Waals surface area contributed by atoms with E-state index in [0.29, 0.717) is 0 Å². The quantitative estimate of drug-likeness (QED) is 0.865. The first kappa shape index (κ1) is 17.1. The zero-order chi connectivity index (χ0) is 16.2. The fourth-order valence-electron chi connectivity index (χ4n) is 2.60. The van der Waals surface area contributed by atoms with Crippen LogP contribution in [0.5, 0.6) is 0 Å². The molecule has 7 heteroatoms. The molecule has 2 rings (SSSR count). The van der Waals surface area contributed by atoms with E-state index < -0.39 is 17.6 Å². The summed E-state index contributed by atoms with van der Waals surface area (Å²) in [6.07, 6.45) is 0.877. The number of benzene rings is 1. The zero-order valence-electron chi connectivity index (χ0n) is 12.0. The number of carbonyl (C=O) groups excluding carboxylic acids is 1. The lowest BCUT2D eigenvalue weighted by Crippen LogP contribution is -2.37. The van der Waals surface area contributed by atoms with Gasteiger partial charge < -0.3 is 10.6 Å². The van der Waals surface area contributed by atoms with Gasteiger partial charge in [-0.15, -0.1) is 0 Å². The summed E-state index contributed by atoms with van der Waals surface area (Å²) < 4.78 is 38.8. The van der Waals surface area contributed by atoms with Crippen molar-refractivity contribution in [1.29, 1.82) is 0 Å². The summed E-state index contributed by atoms with van der Waals surface area (Å²) in [6.45, 7) is 0.00455. The van der Waals surface area contributed by atoms with E-state index in [1.54, 1.807) is 0 Å². The van der Waals surface area contributed by atoms with Gasteiger partial charge in [0.15, 0.2) is 0 Å². The van der Waals surface area contributed by atoms with Crippen LogP contribution in [0.2, 0.25) is 5.02 Å². The first-order valence-corrected chi connectivity index (χ1v) is 7.64. The average molecular weight is 335 g/mol. The van der Waals surface area contributed by atoms with Crippen molar-refractivity contribution < 1.29 is 18.0 Å². The molecule has 0 heterocycles. The number of hydrogen-bond acceptors (Lipinski definition) is 2. The number of halogens is 4. The van der Waals surface area contributed by atoms with Crippen LogP contribution in [-0.4, -0.2) is 18.5 Å². The van der Waals surface area contributed by atoms with E-state index in [4.69, 9.17) is 11.6 Å². The number of alkyl halides is 3. The van der Waals surface area contributed by atoms with Crippen LogP contribution in [-0.2, 0) is 11.0 Å². The third kappa shape index (κ3) is 4.88. The second-order valence-electron chi connectivity index (χ2n) is 5.45. The minimum absolute atomic E-state index is 0.00455. The topological polar surface area (TPSA) is 41.1 Å². The van der Waals surface area contributed by atoms with Crippen LogP contribution in [0.3, 0.4) is 0 Å². The second kappa shape index (κ2) is 7.33. The van der Waals surface area contributed by atoms with E-state index in [-0.39, 0.29) is 23.3 Å². The van der Waals surface area contributed by atoms with Gasteiger partial charge in [0.05, 0.1) is 17.8 Å². The van der Waals surface area contributed by atoms with E-state index in [1.165, 1.54) is 18.6 Å². The van der Waals surface area contributed by atoms with E-state index in [2.05, 4.69) is 10.6 Å². The van der Waals surface area contributed by atoms with Gasteiger partial charge in [0, 0.05) is 11.1 Å². The number of amides is 1. The molecule has 0 aromatic heterocycles. The van der Waals surface area contributed by atoms with Crippen LogP contribution in [0.25, 0.3) is 0 Å². The molecule has 0 aliphatic heterocycles. The van der Waals surface area contributed by atoms with Gasteiger partial charge in [0.1, 0.15) is 0 Å². The maximum atomic E-state index is 12.9. The van der Waals surface area contributed by atoms with Gasteiger partial charge in [-0.05, 0) is 31.0 Å². The Balaban J connectivity index is 1.96. The van der Waals surface area contributed by atoms with Gasteiger partial charge in [-0.25, -0.2) is 0 Å². The second-order valence-corrected chi connectivity index (χ2v) is 5.89. The molecule has 1 aromatic carbocycles. The molecular weight excluding hydrogens is 317 g/mol. The molecule has 0 atom stereocenters. The molecule has 22 heavy (non-hydrogen) atoms. The van der Waals surface area contributed by atoms with Crippen LogP contribution in [0.4, 0.5) is 18.9 Å². The molecule has 1 fully saturated rings. The summed E-state index contributed by atoms with van der Waals surface area (Å²) in [5.41, 5.74) is -1.21. The lowest BCUT2D eigenvalue weighted by Gasteiger charge is -2.22. The predicted molar refractivity (Wildman–Crippen MR) is 80.0 cm³/mol. The van der Waals surface area contributed by atoms with Gasteiger partial charge in [0.2, 0.25) is 5.91 Å². The molecule has 0 bridgehead atoms. The van der Waals surface area contributed by atoms with Crippen molar-refractivity contribution in [2.75, 3.05) is 11.9 Å². The predicted octanol–water partition coefficient (Wildman–Crippen LogP) is 4.22. The van der Waals surface area contributed by atoms with Crippen molar-refractivity contribution in [1.82, 2.24) is 5.32 Å². The largest absolute Gasteiger partial charge is 0.418 e. The minimum atomic E-state index is -4.57. The molecule has 1 saturated carbocycles. The highest BCUT2D eigenvalue weighted by molar-refractivity contribution is 6.30. The van der Waals surface area contributed by atoms with Gasteiger partial charge in [-0.1, -0.05) is 30.9 Å². The van der Waals surface area contributed by atoms with Crippen molar-refractivity contribution in [2.45, 2.75) is 44.3 Å². The fourth-order valence-corrected chi connectivity index (χ4v) is 2.77. The lowest BCUT2D eigenvalue weighted by atomic mass is 9.95. The van der Waals surface area contributed by atoms with Crippen molar-refractivity contribution in [3.05, 3.63) is 28.8 Å². The highest BCUT2D eigenvalue weighted by Gasteiger charge is 2.34. The Kier molecular flexibility index (Phi) is 5.69. The van der Waals surface area contributed by atoms with E-state index in [9.17, 15) is 18.0 Å². The Labute approximate surface area is 132 Å². The molecule has 0 radical (unpaired) electrons. The molecule has 1 aliphatic rings. The third-order valence-electron chi connectivity index (χ3n) is 3.72. The monoisotopic (exact) mass is 334 g/mol. The van der Waals surface area contributed by atoms with Crippen LogP contribution >= 0.6 is 11.6 Å². The minimum Gasteiger partial charge on any atom is -0.324 e. The van der Waals surface area contributed by atoms with Crippen LogP contribution in [0.1, 0.15) is 37.7 Å². The van der Waals surface area contributed by atoms with Gasteiger partial charge in [-0.2, -0.15) is 13.2 Å². The summed E-state index contributed by atoms with van der Waals surface area (Å²) in [5, 5.41) is 5.37. The van der Waals surface area contributed by atoms with Gasteiger partial charge >= 0.3 is 6.18 Å². The molecule has 122 valence electrons. The SMILES string of the molecule is O=C(CNC1CCCCC1)Nc1ccc(Cl)cc1C(F)(F)F. The van der Waals surface area contributed by atoms with Crippen molar-refractivity contribution >= 4 is 23.2 Å². The van der Waals surface area contributed by atoms with Gasteiger partial charge in [0.25, 0.3) is 0 Å². The normalized spacial score (nSPS) is 16.5. The smallest absolute Gasteiger partial charge is 0.324 e. The molecule has 1 aliphatic carbocycles. The summed E-state index contributed by atoms with van der Waals surface area (Å²) >= 11 is 5.60. The highest BCUT2D eigenvalue weighted by Crippen LogP contribution is 2.36. The number of carbonyl (C=O) groups is 1. The number of nitrogens with one attached hydrogen (secondary N) is 2. The van der Waals surface area contributed by atoms with Crippen molar-refractivity contribution in [2.24, 2.45) is 0 Å². The molecule has 0 unspecified atom stereocenters. The highest BCUT2D eigenvalue weighted by atomic mass is 35.5. The maximum absolute atomic E-state index is 12.9. The van der Waals surface area contributed by atoms with E-state index in [0.717, 1.165) is 31.7 Å². The average Bonchev–Trinajstić information content (AvgIpc) is 2.47. The zero-order valence-corrected chi connectivity index (χ0v) is 12.7. The van der Waals surface area contributed by atoms with Crippen LogP contribution in [0.15, 0.2) is 18.2 Å². The Hall–Kier alpha value is -1.27. The maximum Gasteiger partial charge on any atom is 0.418 e. The Morgan fingerprint density at radius 3 is 2.55 bits per heavy atom. The Morgan fingerprint density at radius 2 is 1.91 bits per heavy atom.